The summed E-state index contributed by atoms with van der Waals surface area (Å²) in [7, 11) is 0. The van der Waals surface area contributed by atoms with Gasteiger partial charge in [0.25, 0.3) is 0 Å². The van der Waals surface area contributed by atoms with E-state index in [0.29, 0.717) is 19.4 Å². The number of carbonyl (C=O) groups is 3. The van der Waals surface area contributed by atoms with Gasteiger partial charge in [0.15, 0.2) is 0 Å². The predicted octanol–water partition coefficient (Wildman–Crippen LogP) is 1.79. The molecule has 1 aromatic carbocycles. The standard InChI is InChI=1S/C23H29F3N4O4/c1-14(31)29-19(22(2,3)34)21(33)30-8-4-5-17(13-30)20(32)28-12-16-7-6-15(11-27)9-18(16)10-23(24,25)26/h6-7,9,17,19,34H,4-5,8,10,12-13H2,1-3H3,(H,28,32)(H,29,31)/t17-,19?/m1/s1. The number of piperidine rings is 1. The number of nitrogens with one attached hydrogen (secondary N) is 2. The lowest BCUT2D eigenvalue weighted by atomic mass is 9.93. The van der Waals surface area contributed by atoms with Crippen molar-refractivity contribution >= 4 is 17.7 Å². The molecule has 1 fully saturated rings. The molecule has 8 nitrogen and oxygen atoms in total. The number of benzene rings is 1. The van der Waals surface area contributed by atoms with Gasteiger partial charge in [-0.3, -0.25) is 14.4 Å². The normalized spacial score (nSPS) is 17.5. The molecule has 186 valence electrons. The van der Waals surface area contributed by atoms with Crippen LogP contribution in [0.2, 0.25) is 0 Å². The summed E-state index contributed by atoms with van der Waals surface area (Å²) in [5.74, 6) is -2.01. The Kier molecular flexibility index (Phi) is 8.66. The molecule has 34 heavy (non-hydrogen) atoms. The Bertz CT molecular complexity index is 966. The second-order valence-electron chi connectivity index (χ2n) is 9.02. The highest BCUT2D eigenvalue weighted by Gasteiger charge is 2.39. The summed E-state index contributed by atoms with van der Waals surface area (Å²) in [5, 5.41) is 24.4. The average molecular weight is 483 g/mol. The van der Waals surface area contributed by atoms with Gasteiger partial charge in [0.05, 0.1) is 29.6 Å². The Labute approximate surface area is 196 Å². The molecular formula is C23H29F3N4O4. The number of alkyl halides is 3. The molecule has 1 aliphatic heterocycles. The summed E-state index contributed by atoms with van der Waals surface area (Å²) < 4.78 is 38.8. The Balaban J connectivity index is 2.08. The molecule has 2 rings (SSSR count). The first kappa shape index (κ1) is 27.1. The SMILES string of the molecule is CC(=O)NC(C(=O)N1CCC[C@@H](C(=O)NCc2ccc(C#N)cc2CC(F)(F)F)C1)C(C)(C)O. The summed E-state index contributed by atoms with van der Waals surface area (Å²) in [5.41, 5.74) is -1.27. The third-order valence-corrected chi connectivity index (χ3v) is 5.58. The molecular weight excluding hydrogens is 453 g/mol. The molecule has 2 atom stereocenters. The minimum Gasteiger partial charge on any atom is -0.388 e. The molecule has 1 saturated heterocycles. The van der Waals surface area contributed by atoms with E-state index in [2.05, 4.69) is 10.6 Å². The van der Waals surface area contributed by atoms with Crippen molar-refractivity contribution < 1.29 is 32.7 Å². The molecule has 1 aromatic rings. The van der Waals surface area contributed by atoms with Crippen molar-refractivity contribution in [1.82, 2.24) is 15.5 Å². The second kappa shape index (κ2) is 10.9. The van der Waals surface area contributed by atoms with Gasteiger partial charge < -0.3 is 20.6 Å². The molecule has 1 heterocycles. The van der Waals surface area contributed by atoms with Gasteiger partial charge >= 0.3 is 6.18 Å². The summed E-state index contributed by atoms with van der Waals surface area (Å²) in [6.07, 6.45) is -4.70. The molecule has 1 aliphatic rings. The Morgan fingerprint density at radius 3 is 2.50 bits per heavy atom. The summed E-state index contributed by atoms with van der Waals surface area (Å²) >= 11 is 0. The number of rotatable bonds is 7. The van der Waals surface area contributed by atoms with E-state index >= 15 is 0 Å². The van der Waals surface area contributed by atoms with E-state index in [1.165, 1.54) is 37.8 Å². The van der Waals surface area contributed by atoms with Crippen LogP contribution >= 0.6 is 0 Å². The first-order valence-corrected chi connectivity index (χ1v) is 10.9. The maximum atomic E-state index is 13.0. The Morgan fingerprint density at radius 1 is 1.26 bits per heavy atom. The molecule has 0 bridgehead atoms. The van der Waals surface area contributed by atoms with Crippen molar-refractivity contribution in [2.24, 2.45) is 5.92 Å². The maximum absolute atomic E-state index is 13.0. The van der Waals surface area contributed by atoms with Crippen LogP contribution in [0.15, 0.2) is 18.2 Å². The lowest BCUT2D eigenvalue weighted by molar-refractivity contribution is -0.145. The van der Waals surface area contributed by atoms with E-state index in [-0.39, 0.29) is 29.8 Å². The lowest BCUT2D eigenvalue weighted by Crippen LogP contribution is -2.60. The molecule has 11 heteroatoms. The highest BCUT2D eigenvalue weighted by atomic mass is 19.4. The number of nitriles is 1. The van der Waals surface area contributed by atoms with E-state index in [0.717, 1.165) is 6.07 Å². The molecule has 0 spiro atoms. The first-order valence-electron chi connectivity index (χ1n) is 10.9. The van der Waals surface area contributed by atoms with Gasteiger partial charge in [0, 0.05) is 26.6 Å². The van der Waals surface area contributed by atoms with Gasteiger partial charge in [0.1, 0.15) is 6.04 Å². The highest BCUT2D eigenvalue weighted by Crippen LogP contribution is 2.25. The number of nitrogens with zero attached hydrogens (tertiary/aromatic N) is 2. The quantitative estimate of drug-likeness (QED) is 0.547. The number of hydrogen-bond donors (Lipinski definition) is 3. The van der Waals surface area contributed by atoms with Crippen LogP contribution in [0.3, 0.4) is 0 Å². The molecule has 0 radical (unpaired) electrons. The van der Waals surface area contributed by atoms with Crippen LogP contribution in [0.4, 0.5) is 13.2 Å². The van der Waals surface area contributed by atoms with E-state index in [9.17, 15) is 32.7 Å². The Morgan fingerprint density at radius 2 is 1.94 bits per heavy atom. The molecule has 0 saturated carbocycles. The zero-order valence-corrected chi connectivity index (χ0v) is 19.3. The van der Waals surface area contributed by atoms with Crippen LogP contribution in [0.5, 0.6) is 0 Å². The van der Waals surface area contributed by atoms with Crippen LogP contribution in [-0.2, 0) is 27.3 Å². The number of amides is 3. The minimum absolute atomic E-state index is 0.0552. The summed E-state index contributed by atoms with van der Waals surface area (Å²) in [6.45, 7) is 4.28. The zero-order chi connectivity index (χ0) is 25.7. The van der Waals surface area contributed by atoms with Crippen molar-refractivity contribution in [3.63, 3.8) is 0 Å². The fourth-order valence-corrected chi connectivity index (χ4v) is 3.89. The van der Waals surface area contributed by atoms with Crippen molar-refractivity contribution in [2.75, 3.05) is 13.1 Å². The first-order chi connectivity index (χ1) is 15.7. The monoisotopic (exact) mass is 482 g/mol. The fraction of sp³-hybridized carbons (Fsp3) is 0.565. The van der Waals surface area contributed by atoms with E-state index < -0.39 is 47.9 Å². The van der Waals surface area contributed by atoms with Gasteiger partial charge in [-0.1, -0.05) is 6.07 Å². The van der Waals surface area contributed by atoms with E-state index in [1.54, 1.807) is 0 Å². The number of likely N-dealkylation sites (tertiary alicyclic amines) is 1. The smallest absolute Gasteiger partial charge is 0.388 e. The highest BCUT2D eigenvalue weighted by molar-refractivity contribution is 5.88. The van der Waals surface area contributed by atoms with Crippen LogP contribution in [-0.4, -0.2) is 58.6 Å². The topological polar surface area (TPSA) is 123 Å². The minimum atomic E-state index is -4.47. The number of halogens is 3. The molecule has 0 aromatic heterocycles. The van der Waals surface area contributed by atoms with Crippen LogP contribution < -0.4 is 10.6 Å². The largest absolute Gasteiger partial charge is 0.393 e. The van der Waals surface area contributed by atoms with Gasteiger partial charge in [-0.2, -0.15) is 18.4 Å². The predicted molar refractivity (Wildman–Crippen MR) is 116 cm³/mol. The molecule has 0 aliphatic carbocycles. The molecule has 1 unspecified atom stereocenters. The van der Waals surface area contributed by atoms with Crippen LogP contribution in [0.25, 0.3) is 0 Å². The number of aliphatic hydroxyl groups is 1. The second-order valence-corrected chi connectivity index (χ2v) is 9.02. The molecule has 3 amide bonds. The van der Waals surface area contributed by atoms with Crippen LogP contribution in [0, 0.1) is 17.2 Å². The third-order valence-electron chi connectivity index (χ3n) is 5.58. The van der Waals surface area contributed by atoms with Gasteiger partial charge in [-0.15, -0.1) is 0 Å². The van der Waals surface area contributed by atoms with Crippen molar-refractivity contribution in [3.05, 3.63) is 34.9 Å². The Hall–Kier alpha value is -3.13. The number of carbonyl (C=O) groups excluding carboxylic acids is 3. The number of hydrogen-bond acceptors (Lipinski definition) is 5. The summed E-state index contributed by atoms with van der Waals surface area (Å²) in [4.78, 5) is 38.6. The van der Waals surface area contributed by atoms with Gasteiger partial charge in [0.2, 0.25) is 17.7 Å². The maximum Gasteiger partial charge on any atom is 0.393 e. The zero-order valence-electron chi connectivity index (χ0n) is 19.3. The molecule has 3 N–H and O–H groups in total. The van der Waals surface area contributed by atoms with Crippen molar-refractivity contribution in [3.8, 4) is 6.07 Å². The van der Waals surface area contributed by atoms with E-state index in [1.807, 2.05) is 6.07 Å². The van der Waals surface area contributed by atoms with Crippen LogP contribution in [0.1, 0.15) is 50.3 Å². The lowest BCUT2D eigenvalue weighted by Gasteiger charge is -2.37. The van der Waals surface area contributed by atoms with Crippen molar-refractivity contribution in [2.45, 2.75) is 64.4 Å². The van der Waals surface area contributed by atoms with E-state index in [4.69, 9.17) is 5.26 Å². The third kappa shape index (κ3) is 7.73. The van der Waals surface area contributed by atoms with Crippen molar-refractivity contribution in [1.29, 1.82) is 5.26 Å². The average Bonchev–Trinajstić information content (AvgIpc) is 2.74. The van der Waals surface area contributed by atoms with Gasteiger partial charge in [-0.05, 0) is 49.9 Å². The fourth-order valence-electron chi connectivity index (χ4n) is 3.89. The summed E-state index contributed by atoms with van der Waals surface area (Å²) in [6, 6.07) is 4.56. The van der Waals surface area contributed by atoms with Gasteiger partial charge in [-0.25, -0.2) is 0 Å².